The molecule has 0 atom stereocenters. The summed E-state index contributed by atoms with van der Waals surface area (Å²) in [5.74, 6) is -0.275. The summed E-state index contributed by atoms with van der Waals surface area (Å²) in [6, 6.07) is 17.9. The molecule has 0 aliphatic heterocycles. The predicted molar refractivity (Wildman–Crippen MR) is 119 cm³/mol. The SMILES string of the molecule is COCCCN(Cc1cccn1Cc1ccccc1)C(=O)c1ccc([N+](=O)[O-])cc1Cl. The smallest absolute Gasteiger partial charge is 0.270 e. The molecule has 3 rings (SSSR count). The Morgan fingerprint density at radius 3 is 2.61 bits per heavy atom. The second-order valence-corrected chi connectivity index (χ2v) is 7.51. The minimum Gasteiger partial charge on any atom is -0.385 e. The average Bonchev–Trinajstić information content (AvgIpc) is 3.19. The highest BCUT2D eigenvalue weighted by Crippen LogP contribution is 2.24. The van der Waals surface area contributed by atoms with Crippen molar-refractivity contribution in [2.45, 2.75) is 19.5 Å². The van der Waals surface area contributed by atoms with Crippen LogP contribution >= 0.6 is 11.6 Å². The second-order valence-electron chi connectivity index (χ2n) is 7.11. The van der Waals surface area contributed by atoms with Crippen molar-refractivity contribution in [3.8, 4) is 0 Å². The van der Waals surface area contributed by atoms with Crippen LogP contribution in [-0.4, -0.2) is 40.6 Å². The molecule has 0 aliphatic rings. The van der Waals surface area contributed by atoms with Gasteiger partial charge in [0.2, 0.25) is 0 Å². The van der Waals surface area contributed by atoms with Crippen molar-refractivity contribution in [2.24, 2.45) is 0 Å². The van der Waals surface area contributed by atoms with Gasteiger partial charge in [0.05, 0.1) is 22.1 Å². The first-order valence-electron chi connectivity index (χ1n) is 9.89. The number of ether oxygens (including phenoxy) is 1. The number of methoxy groups -OCH3 is 1. The van der Waals surface area contributed by atoms with Crippen LogP contribution in [0.2, 0.25) is 5.02 Å². The van der Waals surface area contributed by atoms with Crippen LogP contribution < -0.4 is 0 Å². The van der Waals surface area contributed by atoms with Gasteiger partial charge in [-0.15, -0.1) is 0 Å². The number of non-ortho nitro benzene ring substituents is 1. The summed E-state index contributed by atoms with van der Waals surface area (Å²) < 4.78 is 7.24. The van der Waals surface area contributed by atoms with E-state index in [1.165, 1.54) is 18.2 Å². The minimum absolute atomic E-state index is 0.0654. The van der Waals surface area contributed by atoms with E-state index < -0.39 is 4.92 Å². The zero-order valence-electron chi connectivity index (χ0n) is 17.2. The molecule has 3 aromatic rings. The number of hydrogen-bond donors (Lipinski definition) is 0. The Kier molecular flexibility index (Phi) is 7.81. The quantitative estimate of drug-likeness (QED) is 0.258. The third-order valence-electron chi connectivity index (χ3n) is 4.93. The van der Waals surface area contributed by atoms with E-state index in [0.717, 1.165) is 11.3 Å². The predicted octanol–water partition coefficient (Wildman–Crippen LogP) is 4.78. The highest BCUT2D eigenvalue weighted by Gasteiger charge is 2.21. The van der Waals surface area contributed by atoms with Crippen LogP contribution in [0.25, 0.3) is 0 Å². The van der Waals surface area contributed by atoms with Crippen LogP contribution in [0, 0.1) is 10.1 Å². The van der Waals surface area contributed by atoms with Crippen molar-refractivity contribution in [2.75, 3.05) is 20.3 Å². The number of benzene rings is 2. The van der Waals surface area contributed by atoms with Crippen molar-refractivity contribution >= 4 is 23.2 Å². The molecule has 162 valence electrons. The maximum Gasteiger partial charge on any atom is 0.270 e. The van der Waals surface area contributed by atoms with Crippen LogP contribution in [0.1, 0.15) is 28.0 Å². The Labute approximate surface area is 186 Å². The molecule has 0 saturated heterocycles. The number of hydrogen-bond acceptors (Lipinski definition) is 4. The first-order valence-corrected chi connectivity index (χ1v) is 10.3. The number of carbonyl (C=O) groups is 1. The summed E-state index contributed by atoms with van der Waals surface area (Å²) in [6.45, 7) is 2.07. The zero-order valence-corrected chi connectivity index (χ0v) is 18.0. The summed E-state index contributed by atoms with van der Waals surface area (Å²) in [6.07, 6.45) is 2.64. The third kappa shape index (κ3) is 5.93. The number of nitrogens with zero attached hydrogens (tertiary/aromatic N) is 3. The molecule has 31 heavy (non-hydrogen) atoms. The topological polar surface area (TPSA) is 77.6 Å². The number of aromatic nitrogens is 1. The third-order valence-corrected chi connectivity index (χ3v) is 5.24. The van der Waals surface area contributed by atoms with Crippen molar-refractivity contribution in [1.82, 2.24) is 9.47 Å². The lowest BCUT2D eigenvalue weighted by molar-refractivity contribution is -0.384. The lowest BCUT2D eigenvalue weighted by Gasteiger charge is -2.24. The van der Waals surface area contributed by atoms with Crippen molar-refractivity contribution in [3.05, 3.63) is 98.8 Å². The summed E-state index contributed by atoms with van der Waals surface area (Å²) in [7, 11) is 1.62. The molecule has 0 aliphatic carbocycles. The highest BCUT2D eigenvalue weighted by atomic mass is 35.5. The van der Waals surface area contributed by atoms with Crippen LogP contribution in [-0.2, 0) is 17.8 Å². The molecule has 0 saturated carbocycles. The lowest BCUT2D eigenvalue weighted by Crippen LogP contribution is -2.33. The number of nitro benzene ring substituents is 1. The molecule has 0 radical (unpaired) electrons. The summed E-state index contributed by atoms with van der Waals surface area (Å²) in [5, 5.41) is 11.0. The van der Waals surface area contributed by atoms with Crippen LogP contribution in [0.15, 0.2) is 66.9 Å². The maximum atomic E-state index is 13.3. The standard InChI is InChI=1S/C23H24ClN3O4/c1-31-14-6-13-26(23(28)21-11-10-19(27(29)30)15-22(21)24)17-20-9-5-12-25(20)16-18-7-3-2-4-8-18/h2-5,7-12,15H,6,13-14,16-17H2,1H3. The molecule has 1 aromatic heterocycles. The van der Waals surface area contributed by atoms with Gasteiger partial charge in [-0.25, -0.2) is 0 Å². The van der Waals surface area contributed by atoms with Gasteiger partial charge in [-0.05, 0) is 30.2 Å². The maximum absolute atomic E-state index is 13.3. The minimum atomic E-state index is -0.535. The van der Waals surface area contributed by atoms with Gasteiger partial charge in [0.15, 0.2) is 0 Å². The number of carbonyl (C=O) groups excluding carboxylic acids is 1. The molecule has 7 nitrogen and oxygen atoms in total. The van der Waals surface area contributed by atoms with E-state index in [0.29, 0.717) is 32.7 Å². The summed E-state index contributed by atoms with van der Waals surface area (Å²) in [5.41, 5.74) is 2.23. The second kappa shape index (κ2) is 10.7. The van der Waals surface area contributed by atoms with Gasteiger partial charge < -0.3 is 14.2 Å². The summed E-state index contributed by atoms with van der Waals surface area (Å²) in [4.78, 5) is 25.4. The fourth-order valence-corrected chi connectivity index (χ4v) is 3.59. The van der Waals surface area contributed by atoms with E-state index >= 15 is 0 Å². The van der Waals surface area contributed by atoms with E-state index in [1.54, 1.807) is 12.0 Å². The van der Waals surface area contributed by atoms with Gasteiger partial charge in [-0.2, -0.15) is 0 Å². The van der Waals surface area contributed by atoms with Gasteiger partial charge in [0.1, 0.15) is 0 Å². The Bertz CT molecular complexity index is 1040. The van der Waals surface area contributed by atoms with Gasteiger partial charge >= 0.3 is 0 Å². The van der Waals surface area contributed by atoms with E-state index in [4.69, 9.17) is 16.3 Å². The van der Waals surface area contributed by atoms with Crippen molar-refractivity contribution < 1.29 is 14.5 Å². The number of nitro groups is 1. The molecule has 0 bridgehead atoms. The lowest BCUT2D eigenvalue weighted by atomic mass is 10.1. The first kappa shape index (κ1) is 22.5. The molecule has 0 fully saturated rings. The van der Waals surface area contributed by atoms with Gasteiger partial charge in [-0.1, -0.05) is 41.9 Å². The molecule has 0 spiro atoms. The zero-order chi connectivity index (χ0) is 22.2. The Morgan fingerprint density at radius 1 is 1.16 bits per heavy atom. The van der Waals surface area contributed by atoms with Crippen LogP contribution in [0.4, 0.5) is 5.69 Å². The molecular weight excluding hydrogens is 418 g/mol. The van der Waals surface area contributed by atoms with E-state index in [2.05, 4.69) is 16.7 Å². The largest absolute Gasteiger partial charge is 0.385 e. The molecule has 0 N–H and O–H groups in total. The van der Waals surface area contributed by atoms with Crippen LogP contribution in [0.3, 0.4) is 0 Å². The monoisotopic (exact) mass is 441 g/mol. The molecule has 0 unspecified atom stereocenters. The molecular formula is C23H24ClN3O4. The van der Waals surface area contributed by atoms with E-state index in [-0.39, 0.29) is 22.2 Å². The number of halogens is 1. The molecule has 2 aromatic carbocycles. The summed E-state index contributed by atoms with van der Waals surface area (Å²) >= 11 is 6.21. The number of amides is 1. The van der Waals surface area contributed by atoms with Gasteiger partial charge in [0.25, 0.3) is 11.6 Å². The van der Waals surface area contributed by atoms with E-state index in [1.807, 2.05) is 36.5 Å². The average molecular weight is 442 g/mol. The Hall–Kier alpha value is -3.16. The van der Waals surface area contributed by atoms with Crippen molar-refractivity contribution in [1.29, 1.82) is 0 Å². The molecule has 8 heteroatoms. The highest BCUT2D eigenvalue weighted by molar-refractivity contribution is 6.34. The van der Waals surface area contributed by atoms with E-state index in [9.17, 15) is 14.9 Å². The Balaban J connectivity index is 1.82. The Morgan fingerprint density at radius 2 is 1.94 bits per heavy atom. The van der Waals surface area contributed by atoms with Crippen molar-refractivity contribution in [3.63, 3.8) is 0 Å². The van der Waals surface area contributed by atoms with Crippen LogP contribution in [0.5, 0.6) is 0 Å². The fraction of sp³-hybridized carbons (Fsp3) is 0.261. The molecule has 1 amide bonds. The van der Waals surface area contributed by atoms with Gasteiger partial charge in [0, 0.05) is 50.8 Å². The fourth-order valence-electron chi connectivity index (χ4n) is 3.34. The molecule has 1 heterocycles. The van der Waals surface area contributed by atoms with Gasteiger partial charge in [-0.3, -0.25) is 14.9 Å². The first-order chi connectivity index (χ1) is 15.0. The normalized spacial score (nSPS) is 10.8. The number of rotatable bonds is 10.